The zero-order chi connectivity index (χ0) is 21.5. The Labute approximate surface area is 182 Å². The maximum absolute atomic E-state index is 12.7. The first-order valence-corrected chi connectivity index (χ1v) is 10.9. The van der Waals surface area contributed by atoms with Gasteiger partial charge in [-0.3, -0.25) is 4.79 Å². The number of amides is 3. The number of urea groups is 1. The molecule has 164 valence electrons. The lowest BCUT2D eigenvalue weighted by Gasteiger charge is -2.31. The van der Waals surface area contributed by atoms with E-state index in [1.165, 1.54) is 0 Å². The Balaban J connectivity index is 1.23. The largest absolute Gasteiger partial charge is 0.491 e. The van der Waals surface area contributed by atoms with E-state index < -0.39 is 0 Å². The Bertz CT molecular complexity index is 875. The van der Waals surface area contributed by atoms with Crippen molar-refractivity contribution in [3.05, 3.63) is 54.6 Å². The van der Waals surface area contributed by atoms with Crippen molar-refractivity contribution < 1.29 is 19.1 Å². The fourth-order valence-electron chi connectivity index (χ4n) is 3.94. The number of nitrogens with one attached hydrogen (secondary N) is 2. The third kappa shape index (κ3) is 5.98. The number of carbonyl (C=O) groups excluding carboxylic acids is 2. The van der Waals surface area contributed by atoms with Crippen molar-refractivity contribution in [2.24, 2.45) is 5.92 Å². The highest BCUT2D eigenvalue weighted by atomic mass is 16.5. The van der Waals surface area contributed by atoms with E-state index in [4.69, 9.17) is 9.47 Å². The molecule has 2 N–H and O–H groups in total. The molecule has 2 saturated heterocycles. The van der Waals surface area contributed by atoms with Crippen molar-refractivity contribution in [1.82, 2.24) is 4.90 Å². The maximum atomic E-state index is 12.7. The first-order valence-electron chi connectivity index (χ1n) is 10.9. The van der Waals surface area contributed by atoms with Gasteiger partial charge < -0.3 is 25.0 Å². The Morgan fingerprint density at radius 1 is 0.968 bits per heavy atom. The molecule has 1 atom stereocenters. The van der Waals surface area contributed by atoms with Crippen molar-refractivity contribution in [2.45, 2.75) is 31.8 Å². The highest BCUT2D eigenvalue weighted by molar-refractivity contribution is 5.93. The van der Waals surface area contributed by atoms with Crippen molar-refractivity contribution in [3.63, 3.8) is 0 Å². The van der Waals surface area contributed by atoms with Crippen LogP contribution in [0.2, 0.25) is 0 Å². The molecule has 31 heavy (non-hydrogen) atoms. The molecular weight excluding hydrogens is 394 g/mol. The lowest BCUT2D eigenvalue weighted by Crippen LogP contribution is -2.43. The van der Waals surface area contributed by atoms with Crippen LogP contribution in [-0.2, 0) is 9.53 Å². The zero-order valence-electron chi connectivity index (χ0n) is 17.6. The molecule has 0 unspecified atom stereocenters. The number of para-hydroxylation sites is 1. The van der Waals surface area contributed by atoms with E-state index in [2.05, 4.69) is 10.6 Å². The molecule has 2 aliphatic rings. The molecule has 0 aromatic heterocycles. The van der Waals surface area contributed by atoms with E-state index in [9.17, 15) is 9.59 Å². The number of piperidine rings is 1. The Morgan fingerprint density at radius 2 is 1.74 bits per heavy atom. The van der Waals surface area contributed by atoms with E-state index >= 15 is 0 Å². The molecule has 0 spiro atoms. The minimum atomic E-state index is -0.124. The first-order chi connectivity index (χ1) is 15.2. The number of rotatable bonds is 6. The van der Waals surface area contributed by atoms with Gasteiger partial charge in [0.25, 0.3) is 0 Å². The van der Waals surface area contributed by atoms with Gasteiger partial charge in [-0.15, -0.1) is 0 Å². The number of nitrogens with zero attached hydrogens (tertiary/aromatic N) is 1. The molecule has 4 rings (SSSR count). The zero-order valence-corrected chi connectivity index (χ0v) is 17.6. The maximum Gasteiger partial charge on any atom is 0.321 e. The van der Waals surface area contributed by atoms with E-state index in [1.807, 2.05) is 54.6 Å². The summed E-state index contributed by atoms with van der Waals surface area (Å²) in [6.45, 7) is 2.44. The molecule has 2 aromatic rings. The van der Waals surface area contributed by atoms with Crippen LogP contribution in [0.4, 0.5) is 16.2 Å². The van der Waals surface area contributed by atoms with Crippen molar-refractivity contribution in [1.29, 1.82) is 0 Å². The van der Waals surface area contributed by atoms with Crippen LogP contribution in [0.25, 0.3) is 0 Å². The average molecular weight is 424 g/mol. The van der Waals surface area contributed by atoms with E-state index in [0.29, 0.717) is 32.5 Å². The van der Waals surface area contributed by atoms with Gasteiger partial charge in [-0.05, 0) is 49.9 Å². The summed E-state index contributed by atoms with van der Waals surface area (Å²) in [6, 6.07) is 16.7. The number of anilines is 2. The van der Waals surface area contributed by atoms with Gasteiger partial charge in [0.1, 0.15) is 12.4 Å². The lowest BCUT2D eigenvalue weighted by atomic mass is 9.96. The summed E-state index contributed by atoms with van der Waals surface area (Å²) in [6.07, 6.45) is 3.55. The van der Waals surface area contributed by atoms with Crippen molar-refractivity contribution in [3.8, 4) is 5.75 Å². The Hall–Kier alpha value is -3.06. The highest BCUT2D eigenvalue weighted by Gasteiger charge is 2.27. The van der Waals surface area contributed by atoms with Gasteiger partial charge in [0.2, 0.25) is 5.91 Å². The van der Waals surface area contributed by atoms with Crippen LogP contribution in [0.1, 0.15) is 25.7 Å². The third-order valence-corrected chi connectivity index (χ3v) is 5.74. The second-order valence-corrected chi connectivity index (χ2v) is 8.02. The number of hydrogen-bond donors (Lipinski definition) is 2. The molecule has 0 bridgehead atoms. The number of benzene rings is 2. The summed E-state index contributed by atoms with van der Waals surface area (Å²) in [5, 5.41) is 5.89. The summed E-state index contributed by atoms with van der Waals surface area (Å²) in [4.78, 5) is 26.9. The summed E-state index contributed by atoms with van der Waals surface area (Å²) in [7, 11) is 0. The third-order valence-electron chi connectivity index (χ3n) is 5.74. The fourth-order valence-corrected chi connectivity index (χ4v) is 3.94. The number of hydrogen-bond acceptors (Lipinski definition) is 4. The van der Waals surface area contributed by atoms with Crippen LogP contribution < -0.4 is 15.4 Å². The predicted octanol–water partition coefficient (Wildman–Crippen LogP) is 4.13. The number of likely N-dealkylation sites (tertiary alicyclic amines) is 1. The minimum absolute atomic E-state index is 0.0145. The van der Waals surface area contributed by atoms with Crippen LogP contribution in [0.5, 0.6) is 5.75 Å². The monoisotopic (exact) mass is 423 g/mol. The van der Waals surface area contributed by atoms with Crippen LogP contribution in [0.3, 0.4) is 0 Å². The van der Waals surface area contributed by atoms with Crippen LogP contribution in [-0.4, -0.2) is 49.2 Å². The van der Waals surface area contributed by atoms with Crippen LogP contribution in [0, 0.1) is 5.92 Å². The second kappa shape index (κ2) is 10.3. The summed E-state index contributed by atoms with van der Waals surface area (Å²) >= 11 is 0. The smallest absolute Gasteiger partial charge is 0.321 e. The molecule has 0 aliphatic carbocycles. The van der Waals surface area contributed by atoms with Gasteiger partial charge in [-0.2, -0.15) is 0 Å². The topological polar surface area (TPSA) is 79.9 Å². The Morgan fingerprint density at radius 3 is 2.48 bits per heavy atom. The summed E-state index contributed by atoms with van der Waals surface area (Å²) in [5.74, 6) is 0.595. The Kier molecular flexibility index (Phi) is 7.04. The molecule has 2 aliphatic heterocycles. The van der Waals surface area contributed by atoms with Gasteiger partial charge >= 0.3 is 6.03 Å². The fraction of sp³-hybridized carbons (Fsp3) is 0.417. The standard InChI is InChI=1S/C24H29N3O4/c28-23(25-20-8-4-9-21(16-20)31-17-22-10-5-15-30-22)18-11-13-27(14-12-18)24(29)26-19-6-2-1-3-7-19/h1-4,6-9,16,18,22H,5,10-15,17H2,(H,25,28)(H,26,29)/t22-/m1/s1. The second-order valence-electron chi connectivity index (χ2n) is 8.02. The molecule has 7 heteroatoms. The van der Waals surface area contributed by atoms with Gasteiger partial charge in [0, 0.05) is 43.1 Å². The van der Waals surface area contributed by atoms with Gasteiger partial charge in [0.05, 0.1) is 6.10 Å². The SMILES string of the molecule is O=C(Nc1cccc(OC[C@H]2CCCO2)c1)C1CCN(C(=O)Nc2ccccc2)CC1. The van der Waals surface area contributed by atoms with Gasteiger partial charge in [0.15, 0.2) is 0 Å². The van der Waals surface area contributed by atoms with Gasteiger partial charge in [-0.1, -0.05) is 24.3 Å². The average Bonchev–Trinajstić information content (AvgIpc) is 3.32. The minimum Gasteiger partial charge on any atom is -0.491 e. The van der Waals surface area contributed by atoms with Crippen LogP contribution >= 0.6 is 0 Å². The number of carbonyl (C=O) groups is 2. The molecular formula is C24H29N3O4. The first kappa shape index (κ1) is 21.2. The van der Waals surface area contributed by atoms with E-state index in [-0.39, 0.29) is 24.0 Å². The van der Waals surface area contributed by atoms with Crippen LogP contribution in [0.15, 0.2) is 54.6 Å². The van der Waals surface area contributed by atoms with Gasteiger partial charge in [-0.25, -0.2) is 4.79 Å². The normalized spacial score (nSPS) is 19.1. The molecule has 2 heterocycles. The molecule has 2 aromatic carbocycles. The summed E-state index contributed by atoms with van der Waals surface area (Å²) < 4.78 is 11.4. The number of ether oxygens (including phenoxy) is 2. The highest BCUT2D eigenvalue weighted by Crippen LogP contribution is 2.23. The summed E-state index contributed by atoms with van der Waals surface area (Å²) in [5.41, 5.74) is 1.49. The molecule has 3 amide bonds. The van der Waals surface area contributed by atoms with E-state index in [1.54, 1.807) is 4.90 Å². The lowest BCUT2D eigenvalue weighted by molar-refractivity contribution is -0.121. The predicted molar refractivity (Wildman–Crippen MR) is 119 cm³/mol. The molecule has 7 nitrogen and oxygen atoms in total. The van der Waals surface area contributed by atoms with E-state index in [0.717, 1.165) is 36.6 Å². The van der Waals surface area contributed by atoms with Crippen molar-refractivity contribution >= 4 is 23.3 Å². The van der Waals surface area contributed by atoms with Crippen molar-refractivity contribution in [2.75, 3.05) is 36.9 Å². The molecule has 0 saturated carbocycles. The molecule has 2 fully saturated rings. The quantitative estimate of drug-likeness (QED) is 0.732. The molecule has 0 radical (unpaired) electrons.